The third-order valence-corrected chi connectivity index (χ3v) is 7.06. The molecule has 0 bridgehead atoms. The van der Waals surface area contributed by atoms with Gasteiger partial charge in [0.2, 0.25) is 11.0 Å². The third kappa shape index (κ3) is 5.33. The molecule has 1 unspecified atom stereocenters. The Morgan fingerprint density at radius 2 is 1.93 bits per heavy atom. The molecule has 2 aromatic rings. The van der Waals surface area contributed by atoms with Crippen molar-refractivity contribution in [3.63, 3.8) is 0 Å². The molecule has 1 aromatic carbocycles. The van der Waals surface area contributed by atoms with Gasteiger partial charge in [0.15, 0.2) is 9.84 Å². The summed E-state index contributed by atoms with van der Waals surface area (Å²) in [6, 6.07) is 8.88. The number of anilines is 1. The monoisotopic (exact) mass is 408 g/mol. The SMILES string of the molecule is CCCCc1nnc(NC(=O)C(c2ccccc2)N2CCS(=O)(=O)CC2)s1. The van der Waals surface area contributed by atoms with Gasteiger partial charge < -0.3 is 0 Å². The van der Waals surface area contributed by atoms with E-state index in [2.05, 4.69) is 22.4 Å². The smallest absolute Gasteiger partial charge is 0.248 e. The van der Waals surface area contributed by atoms with Crippen LogP contribution in [0.25, 0.3) is 0 Å². The van der Waals surface area contributed by atoms with Crippen molar-refractivity contribution in [2.45, 2.75) is 32.2 Å². The van der Waals surface area contributed by atoms with Gasteiger partial charge in [-0.15, -0.1) is 10.2 Å². The molecule has 2 heterocycles. The number of carbonyl (C=O) groups excluding carboxylic acids is 1. The van der Waals surface area contributed by atoms with E-state index in [4.69, 9.17) is 0 Å². The summed E-state index contributed by atoms with van der Waals surface area (Å²) in [6.07, 6.45) is 2.98. The highest BCUT2D eigenvalue weighted by molar-refractivity contribution is 7.91. The first-order valence-electron chi connectivity index (χ1n) is 9.11. The average molecular weight is 409 g/mol. The number of unbranched alkanes of at least 4 members (excludes halogenated alkanes) is 1. The largest absolute Gasteiger partial charge is 0.299 e. The van der Waals surface area contributed by atoms with Crippen molar-refractivity contribution in [3.05, 3.63) is 40.9 Å². The summed E-state index contributed by atoms with van der Waals surface area (Å²) >= 11 is 1.39. The Labute approximate surface area is 163 Å². The zero-order valence-corrected chi connectivity index (χ0v) is 16.9. The molecular formula is C18H24N4O3S2. The summed E-state index contributed by atoms with van der Waals surface area (Å²) < 4.78 is 23.5. The quantitative estimate of drug-likeness (QED) is 0.756. The topological polar surface area (TPSA) is 92.3 Å². The van der Waals surface area contributed by atoms with Gasteiger partial charge in [-0.1, -0.05) is 55.0 Å². The Bertz CT molecular complexity index is 854. The molecule has 1 amide bonds. The standard InChI is InChI=1S/C18H24N4O3S2/c1-2-3-9-15-20-21-18(26-15)19-17(23)16(14-7-5-4-6-8-14)22-10-12-27(24,25)13-11-22/h4-8,16H,2-3,9-13H2,1H3,(H,19,21,23). The van der Waals surface area contributed by atoms with Gasteiger partial charge in [-0.3, -0.25) is 15.0 Å². The van der Waals surface area contributed by atoms with Gasteiger partial charge in [0, 0.05) is 19.5 Å². The predicted molar refractivity (Wildman–Crippen MR) is 107 cm³/mol. The summed E-state index contributed by atoms with van der Waals surface area (Å²) in [5, 5.41) is 12.5. The lowest BCUT2D eigenvalue weighted by atomic mass is 10.0. The van der Waals surface area contributed by atoms with E-state index in [0.29, 0.717) is 18.2 Å². The molecule has 1 saturated heterocycles. The normalized spacial score (nSPS) is 18.1. The highest BCUT2D eigenvalue weighted by atomic mass is 32.2. The van der Waals surface area contributed by atoms with Gasteiger partial charge in [-0.25, -0.2) is 8.42 Å². The second-order valence-electron chi connectivity index (χ2n) is 6.59. The second kappa shape index (κ2) is 8.90. The molecule has 0 radical (unpaired) electrons. The number of nitrogens with one attached hydrogen (secondary N) is 1. The molecule has 7 nitrogen and oxygen atoms in total. The van der Waals surface area contributed by atoms with Crippen LogP contribution in [0.15, 0.2) is 30.3 Å². The fourth-order valence-corrected chi connectivity index (χ4v) is 5.07. The summed E-state index contributed by atoms with van der Waals surface area (Å²) in [4.78, 5) is 15.0. The van der Waals surface area contributed by atoms with Crippen molar-refractivity contribution < 1.29 is 13.2 Å². The van der Waals surface area contributed by atoms with Crippen LogP contribution in [0.2, 0.25) is 0 Å². The molecule has 146 valence electrons. The van der Waals surface area contributed by atoms with Gasteiger partial charge in [-0.05, 0) is 12.0 Å². The van der Waals surface area contributed by atoms with Crippen LogP contribution in [-0.4, -0.2) is 54.0 Å². The van der Waals surface area contributed by atoms with Crippen LogP contribution in [0, 0.1) is 0 Å². The number of amides is 1. The van der Waals surface area contributed by atoms with E-state index >= 15 is 0 Å². The maximum Gasteiger partial charge on any atom is 0.248 e. The highest BCUT2D eigenvalue weighted by Crippen LogP contribution is 2.26. The Kier molecular flexibility index (Phi) is 6.56. The zero-order chi connectivity index (χ0) is 19.3. The van der Waals surface area contributed by atoms with Crippen LogP contribution in [-0.2, 0) is 21.1 Å². The first-order chi connectivity index (χ1) is 13.0. The van der Waals surface area contributed by atoms with Crippen molar-refractivity contribution in [1.82, 2.24) is 15.1 Å². The van der Waals surface area contributed by atoms with E-state index in [9.17, 15) is 13.2 Å². The van der Waals surface area contributed by atoms with Crippen molar-refractivity contribution in [2.24, 2.45) is 0 Å². The summed E-state index contributed by atoms with van der Waals surface area (Å²) in [5.41, 5.74) is 0.838. The molecule has 1 N–H and O–H groups in total. The number of aryl methyl sites for hydroxylation is 1. The summed E-state index contributed by atoms with van der Waals surface area (Å²) in [7, 11) is -3.02. The molecule has 0 spiro atoms. The number of hydrogen-bond donors (Lipinski definition) is 1. The maximum absolute atomic E-state index is 13.0. The van der Waals surface area contributed by atoms with Gasteiger partial charge in [0.25, 0.3) is 0 Å². The number of nitrogens with zero attached hydrogens (tertiary/aromatic N) is 3. The van der Waals surface area contributed by atoms with Crippen LogP contribution in [0.4, 0.5) is 5.13 Å². The molecule has 1 fully saturated rings. The molecule has 27 heavy (non-hydrogen) atoms. The van der Waals surface area contributed by atoms with Gasteiger partial charge in [0.05, 0.1) is 11.5 Å². The van der Waals surface area contributed by atoms with Crippen LogP contribution in [0.1, 0.15) is 36.4 Å². The first kappa shape index (κ1) is 19.9. The fraction of sp³-hybridized carbons (Fsp3) is 0.500. The molecule has 9 heteroatoms. The van der Waals surface area contributed by atoms with Crippen LogP contribution in [0.5, 0.6) is 0 Å². The minimum absolute atomic E-state index is 0.0730. The number of carbonyl (C=O) groups is 1. The lowest BCUT2D eigenvalue weighted by Gasteiger charge is -2.33. The number of hydrogen-bond acceptors (Lipinski definition) is 7. The van der Waals surface area contributed by atoms with Crippen molar-refractivity contribution in [2.75, 3.05) is 29.9 Å². The second-order valence-corrected chi connectivity index (χ2v) is 9.96. The Morgan fingerprint density at radius 1 is 1.22 bits per heavy atom. The minimum atomic E-state index is -3.02. The summed E-state index contributed by atoms with van der Waals surface area (Å²) in [6.45, 7) is 2.80. The first-order valence-corrected chi connectivity index (χ1v) is 11.7. The van der Waals surface area contributed by atoms with Crippen LogP contribution >= 0.6 is 11.3 Å². The fourth-order valence-electron chi connectivity index (χ4n) is 3.05. The van der Waals surface area contributed by atoms with E-state index in [1.54, 1.807) is 0 Å². The van der Waals surface area contributed by atoms with Gasteiger partial charge in [0.1, 0.15) is 11.0 Å². The lowest BCUT2D eigenvalue weighted by molar-refractivity contribution is -0.121. The minimum Gasteiger partial charge on any atom is -0.299 e. The molecule has 1 atom stereocenters. The molecule has 1 aliphatic rings. The van der Waals surface area contributed by atoms with Crippen molar-refractivity contribution >= 4 is 32.2 Å². The van der Waals surface area contributed by atoms with E-state index in [0.717, 1.165) is 29.8 Å². The number of benzene rings is 1. The van der Waals surface area contributed by atoms with E-state index in [-0.39, 0.29) is 17.4 Å². The lowest BCUT2D eigenvalue weighted by Crippen LogP contribution is -2.46. The number of rotatable bonds is 7. The third-order valence-electron chi connectivity index (χ3n) is 4.55. The molecule has 3 rings (SSSR count). The Balaban J connectivity index is 1.76. The van der Waals surface area contributed by atoms with Crippen LogP contribution < -0.4 is 5.32 Å². The van der Waals surface area contributed by atoms with E-state index < -0.39 is 15.9 Å². The van der Waals surface area contributed by atoms with Crippen LogP contribution in [0.3, 0.4) is 0 Å². The molecule has 1 aliphatic heterocycles. The molecular weight excluding hydrogens is 384 g/mol. The number of sulfone groups is 1. The van der Waals surface area contributed by atoms with E-state index in [1.807, 2.05) is 35.2 Å². The Hall–Kier alpha value is -1.84. The maximum atomic E-state index is 13.0. The number of aromatic nitrogens is 2. The molecule has 0 aliphatic carbocycles. The van der Waals surface area contributed by atoms with Gasteiger partial charge >= 0.3 is 0 Å². The molecule has 1 aromatic heterocycles. The highest BCUT2D eigenvalue weighted by Gasteiger charge is 2.32. The van der Waals surface area contributed by atoms with E-state index in [1.165, 1.54) is 11.3 Å². The summed E-state index contributed by atoms with van der Waals surface area (Å²) in [5.74, 6) is -0.0635. The van der Waals surface area contributed by atoms with Crippen molar-refractivity contribution in [3.8, 4) is 0 Å². The van der Waals surface area contributed by atoms with Crippen molar-refractivity contribution in [1.29, 1.82) is 0 Å². The van der Waals surface area contributed by atoms with Gasteiger partial charge in [-0.2, -0.15) is 0 Å². The zero-order valence-electron chi connectivity index (χ0n) is 15.3. The Morgan fingerprint density at radius 3 is 2.59 bits per heavy atom. The predicted octanol–water partition coefficient (Wildman–Crippen LogP) is 2.29. The molecule has 0 saturated carbocycles. The average Bonchev–Trinajstić information content (AvgIpc) is 3.09.